The van der Waals surface area contributed by atoms with Crippen molar-refractivity contribution in [2.75, 3.05) is 31.1 Å². The fourth-order valence-electron chi connectivity index (χ4n) is 4.46. The van der Waals surface area contributed by atoms with Gasteiger partial charge in [-0.25, -0.2) is 19.0 Å². The van der Waals surface area contributed by atoms with E-state index in [2.05, 4.69) is 27.8 Å². The molecule has 0 radical (unpaired) electrons. The predicted octanol–water partition coefficient (Wildman–Crippen LogP) is 4.94. The molecule has 4 aromatic rings. The number of hydrogen-bond donors (Lipinski definition) is 0. The van der Waals surface area contributed by atoms with E-state index in [1.165, 1.54) is 12.1 Å². The zero-order valence-corrected chi connectivity index (χ0v) is 21.3. The summed E-state index contributed by atoms with van der Waals surface area (Å²) in [5.74, 6) is 1.33. The Hall–Kier alpha value is -3.33. The molecule has 0 bridgehead atoms. The van der Waals surface area contributed by atoms with Gasteiger partial charge in [0.1, 0.15) is 17.5 Å². The number of rotatable bonds is 5. The topological polar surface area (TPSA) is 67.2 Å². The predicted molar refractivity (Wildman–Crippen MR) is 138 cm³/mol. The average molecular weight is 537 g/mol. The van der Waals surface area contributed by atoms with E-state index in [1.54, 1.807) is 16.8 Å². The third-order valence-electron chi connectivity index (χ3n) is 6.25. The summed E-state index contributed by atoms with van der Waals surface area (Å²) >= 11 is 3.49. The number of benzene rings is 2. The van der Waals surface area contributed by atoms with Crippen LogP contribution in [0.25, 0.3) is 16.7 Å². The minimum atomic E-state index is -0.293. The fourth-order valence-corrected chi connectivity index (χ4v) is 4.91. The summed E-state index contributed by atoms with van der Waals surface area (Å²) in [7, 11) is 0. The van der Waals surface area contributed by atoms with Gasteiger partial charge in [-0.15, -0.1) is 0 Å². The molecule has 1 fully saturated rings. The van der Waals surface area contributed by atoms with Crippen LogP contribution < -0.4 is 4.90 Å². The SMILES string of the molecule is CCCc1nc(N2CCN(C(=O)c3ccccc3Br)CC2)c2c(C)nn(-c3ccc(F)cc3)c2n1. The number of amides is 1. The monoisotopic (exact) mass is 536 g/mol. The number of carbonyl (C=O) groups excluding carboxylic acids is 1. The van der Waals surface area contributed by atoms with E-state index in [1.807, 2.05) is 36.1 Å². The van der Waals surface area contributed by atoms with Gasteiger partial charge in [0.15, 0.2) is 5.65 Å². The highest BCUT2D eigenvalue weighted by atomic mass is 79.9. The summed E-state index contributed by atoms with van der Waals surface area (Å²) in [6, 6.07) is 13.8. The number of hydrogen-bond acceptors (Lipinski definition) is 5. The van der Waals surface area contributed by atoms with Crippen LogP contribution in [-0.2, 0) is 6.42 Å². The molecule has 1 amide bonds. The number of fused-ring (bicyclic) bond motifs is 1. The summed E-state index contributed by atoms with van der Waals surface area (Å²) in [4.78, 5) is 26.9. The van der Waals surface area contributed by atoms with Gasteiger partial charge in [-0.05, 0) is 65.7 Å². The minimum Gasteiger partial charge on any atom is -0.352 e. The highest BCUT2D eigenvalue weighted by Gasteiger charge is 2.27. The lowest BCUT2D eigenvalue weighted by Gasteiger charge is -2.36. The summed E-state index contributed by atoms with van der Waals surface area (Å²) in [5.41, 5.74) is 2.95. The van der Waals surface area contributed by atoms with Gasteiger partial charge in [-0.3, -0.25) is 4.79 Å². The maximum absolute atomic E-state index is 13.5. The van der Waals surface area contributed by atoms with Crippen LogP contribution in [0.1, 0.15) is 35.2 Å². The maximum Gasteiger partial charge on any atom is 0.255 e. The number of carbonyl (C=O) groups is 1. The smallest absolute Gasteiger partial charge is 0.255 e. The second-order valence-corrected chi connectivity index (χ2v) is 9.50. The van der Waals surface area contributed by atoms with E-state index in [0.717, 1.165) is 45.7 Å². The third-order valence-corrected chi connectivity index (χ3v) is 6.94. The second-order valence-electron chi connectivity index (χ2n) is 8.64. The lowest BCUT2D eigenvalue weighted by atomic mass is 10.1. The van der Waals surface area contributed by atoms with Crippen molar-refractivity contribution in [3.05, 3.63) is 75.9 Å². The zero-order valence-electron chi connectivity index (χ0n) is 19.7. The van der Waals surface area contributed by atoms with Gasteiger partial charge < -0.3 is 9.80 Å². The molecule has 9 heteroatoms. The molecule has 1 saturated heterocycles. The quantitative estimate of drug-likeness (QED) is 0.361. The van der Waals surface area contributed by atoms with Crippen LogP contribution >= 0.6 is 15.9 Å². The van der Waals surface area contributed by atoms with E-state index in [9.17, 15) is 9.18 Å². The molecule has 1 aliphatic rings. The van der Waals surface area contributed by atoms with Crippen LogP contribution in [0.4, 0.5) is 10.2 Å². The van der Waals surface area contributed by atoms with Gasteiger partial charge in [0, 0.05) is 37.1 Å². The molecule has 0 N–H and O–H groups in total. The van der Waals surface area contributed by atoms with Crippen molar-refractivity contribution < 1.29 is 9.18 Å². The summed E-state index contributed by atoms with van der Waals surface area (Å²) in [5, 5.41) is 5.62. The standard InChI is InChI=1S/C26H26BrFN6O/c1-3-6-22-29-24(23-17(2)31-34(25(23)30-22)19-11-9-18(28)10-12-19)32-13-15-33(16-14-32)26(35)20-7-4-5-8-21(20)27/h4-5,7-12H,3,6,13-16H2,1-2H3. The van der Waals surface area contributed by atoms with E-state index in [0.29, 0.717) is 37.4 Å². The lowest BCUT2D eigenvalue weighted by Crippen LogP contribution is -2.49. The molecule has 0 atom stereocenters. The molecule has 3 heterocycles. The van der Waals surface area contributed by atoms with Gasteiger partial charge in [0.2, 0.25) is 0 Å². The molecule has 0 aliphatic carbocycles. The minimum absolute atomic E-state index is 0.0249. The molecule has 2 aromatic heterocycles. The first-order chi connectivity index (χ1) is 17.0. The Kier molecular flexibility index (Phi) is 6.51. The Morgan fingerprint density at radius 2 is 1.74 bits per heavy atom. The van der Waals surface area contributed by atoms with Gasteiger partial charge in [0.25, 0.3) is 5.91 Å². The van der Waals surface area contributed by atoms with Crippen LogP contribution in [0, 0.1) is 12.7 Å². The average Bonchev–Trinajstić information content (AvgIpc) is 3.20. The number of nitrogens with zero attached hydrogens (tertiary/aromatic N) is 6. The lowest BCUT2D eigenvalue weighted by molar-refractivity contribution is 0.0745. The highest BCUT2D eigenvalue weighted by molar-refractivity contribution is 9.10. The molecule has 180 valence electrons. The van der Waals surface area contributed by atoms with E-state index in [-0.39, 0.29) is 11.7 Å². The molecular formula is C26H26BrFN6O. The van der Waals surface area contributed by atoms with Crippen molar-refractivity contribution in [3.8, 4) is 5.69 Å². The summed E-state index contributed by atoms with van der Waals surface area (Å²) in [6.45, 7) is 6.56. The molecule has 1 aliphatic heterocycles. The van der Waals surface area contributed by atoms with Crippen LogP contribution in [-0.4, -0.2) is 56.7 Å². The van der Waals surface area contributed by atoms with E-state index >= 15 is 0 Å². The van der Waals surface area contributed by atoms with Gasteiger partial charge in [0.05, 0.1) is 22.3 Å². The Morgan fingerprint density at radius 1 is 1.03 bits per heavy atom. The van der Waals surface area contributed by atoms with E-state index in [4.69, 9.17) is 15.1 Å². The van der Waals surface area contributed by atoms with Crippen molar-refractivity contribution in [2.24, 2.45) is 0 Å². The molecule has 0 spiro atoms. The van der Waals surface area contributed by atoms with Gasteiger partial charge in [-0.1, -0.05) is 19.1 Å². The Bertz CT molecular complexity index is 1380. The van der Waals surface area contributed by atoms with Crippen molar-refractivity contribution in [2.45, 2.75) is 26.7 Å². The first-order valence-electron chi connectivity index (χ1n) is 11.8. The third kappa shape index (κ3) is 4.52. The van der Waals surface area contributed by atoms with Crippen LogP contribution in [0.5, 0.6) is 0 Å². The normalized spacial score (nSPS) is 14.1. The number of piperazine rings is 1. The Morgan fingerprint density at radius 3 is 2.43 bits per heavy atom. The zero-order chi connectivity index (χ0) is 24.5. The van der Waals surface area contributed by atoms with Gasteiger partial charge >= 0.3 is 0 Å². The van der Waals surface area contributed by atoms with Crippen LogP contribution in [0.3, 0.4) is 0 Å². The summed E-state index contributed by atoms with van der Waals surface area (Å²) < 4.78 is 16.1. The Balaban J connectivity index is 1.48. The second kappa shape index (κ2) is 9.73. The van der Waals surface area contributed by atoms with Crippen LogP contribution in [0.2, 0.25) is 0 Å². The number of aryl methyl sites for hydroxylation is 2. The molecule has 35 heavy (non-hydrogen) atoms. The van der Waals surface area contributed by atoms with Crippen molar-refractivity contribution in [1.82, 2.24) is 24.6 Å². The first-order valence-corrected chi connectivity index (χ1v) is 12.6. The largest absolute Gasteiger partial charge is 0.352 e. The number of halogens is 2. The fraction of sp³-hybridized carbons (Fsp3) is 0.308. The van der Waals surface area contributed by atoms with Gasteiger partial charge in [-0.2, -0.15) is 5.10 Å². The van der Waals surface area contributed by atoms with Crippen molar-refractivity contribution in [1.29, 1.82) is 0 Å². The number of anilines is 1. The molecule has 7 nitrogen and oxygen atoms in total. The Labute approximate surface area is 211 Å². The first kappa shape index (κ1) is 23.4. The van der Waals surface area contributed by atoms with Crippen molar-refractivity contribution in [3.63, 3.8) is 0 Å². The maximum atomic E-state index is 13.5. The molecular weight excluding hydrogens is 511 g/mol. The molecule has 2 aromatic carbocycles. The highest BCUT2D eigenvalue weighted by Crippen LogP contribution is 2.30. The van der Waals surface area contributed by atoms with Crippen molar-refractivity contribution >= 4 is 38.7 Å². The molecule has 0 saturated carbocycles. The summed E-state index contributed by atoms with van der Waals surface area (Å²) in [6.07, 6.45) is 1.67. The molecule has 5 rings (SSSR count). The van der Waals surface area contributed by atoms with Crippen LogP contribution in [0.15, 0.2) is 53.0 Å². The number of aromatic nitrogens is 4. The van der Waals surface area contributed by atoms with E-state index < -0.39 is 0 Å². The molecule has 0 unspecified atom stereocenters.